The Kier molecular flexibility index (Phi) is 5.33. The number of hydrogen-bond donors (Lipinski definition) is 4. The summed E-state index contributed by atoms with van der Waals surface area (Å²) >= 11 is 0. The van der Waals surface area contributed by atoms with E-state index in [1.165, 1.54) is 0 Å². The number of amidine groups is 1. The number of piperazine rings is 1. The van der Waals surface area contributed by atoms with E-state index in [4.69, 9.17) is 5.73 Å². The van der Waals surface area contributed by atoms with Gasteiger partial charge in [-0.05, 0) is 34.4 Å². The van der Waals surface area contributed by atoms with E-state index in [-0.39, 0.29) is 23.3 Å². The molecule has 0 spiro atoms. The highest BCUT2D eigenvalue weighted by Gasteiger charge is 2.40. The lowest BCUT2D eigenvalue weighted by Gasteiger charge is -2.49. The Morgan fingerprint density at radius 2 is 2.17 bits per heavy atom. The molecule has 10 heteroatoms. The predicted molar refractivity (Wildman–Crippen MR) is 117 cm³/mol. The number of hydrogen-bond acceptors (Lipinski definition) is 8. The van der Waals surface area contributed by atoms with Gasteiger partial charge in [0.2, 0.25) is 0 Å². The second-order valence-electron chi connectivity index (χ2n) is 8.98. The molecule has 30 heavy (non-hydrogen) atoms. The van der Waals surface area contributed by atoms with Crippen LogP contribution in [0.5, 0.6) is 0 Å². The zero-order chi connectivity index (χ0) is 21.6. The Morgan fingerprint density at radius 3 is 2.90 bits per heavy atom. The van der Waals surface area contributed by atoms with Gasteiger partial charge in [0.1, 0.15) is 5.84 Å². The number of amides is 1. The Balaban J connectivity index is 1.68. The summed E-state index contributed by atoms with van der Waals surface area (Å²) < 4.78 is 0. The first kappa shape index (κ1) is 20.8. The van der Waals surface area contributed by atoms with Crippen LogP contribution >= 0.6 is 0 Å². The number of likely N-dealkylation sites (N-methyl/N-ethyl adjacent to an activating group) is 1. The van der Waals surface area contributed by atoms with Crippen LogP contribution < -0.4 is 21.3 Å². The molecule has 3 aliphatic heterocycles. The third-order valence-corrected chi connectivity index (χ3v) is 6.39. The third-order valence-electron chi connectivity index (χ3n) is 6.39. The zero-order valence-corrected chi connectivity index (χ0v) is 18.5. The normalized spacial score (nSPS) is 26.4. The first-order valence-corrected chi connectivity index (χ1v) is 10.6. The Morgan fingerprint density at radius 1 is 1.40 bits per heavy atom. The van der Waals surface area contributed by atoms with Crippen molar-refractivity contribution in [3.63, 3.8) is 0 Å². The van der Waals surface area contributed by atoms with Gasteiger partial charge in [0.25, 0.3) is 5.91 Å². The molecule has 164 valence electrons. The highest BCUT2D eigenvalue weighted by molar-refractivity contribution is 6.21. The van der Waals surface area contributed by atoms with Gasteiger partial charge in [-0.25, -0.2) is 4.99 Å². The number of nitrogens with zero attached hydrogens (tertiary/aromatic N) is 5. The zero-order valence-electron chi connectivity index (χ0n) is 18.5. The predicted octanol–water partition coefficient (Wildman–Crippen LogP) is -0.0918. The first-order valence-electron chi connectivity index (χ1n) is 10.6. The van der Waals surface area contributed by atoms with E-state index in [1.54, 1.807) is 0 Å². The summed E-state index contributed by atoms with van der Waals surface area (Å²) in [6.07, 6.45) is 1.41. The Bertz CT molecular complexity index is 887. The van der Waals surface area contributed by atoms with Crippen LogP contribution in [0.4, 0.5) is 5.82 Å². The molecule has 4 heterocycles. The van der Waals surface area contributed by atoms with Gasteiger partial charge < -0.3 is 16.0 Å². The van der Waals surface area contributed by atoms with E-state index in [2.05, 4.69) is 58.5 Å². The molecule has 4 rings (SSSR count). The second-order valence-corrected chi connectivity index (χ2v) is 8.98. The van der Waals surface area contributed by atoms with Crippen molar-refractivity contribution in [2.24, 2.45) is 10.7 Å². The molecular formula is C20H33N9O. The standard InChI is InChI=1S/C20H33N9O/c1-6-23-19-24-16(21)14(10-28(19)17-13-7-22-8-15(13)25-26-17)18(30)29-11-20(3,4)27(5)9-12(29)2/h10,12,19,22-23H,6-9,11H2,1-5H3,(H2,21,24)(H,25,26)/t12-,19?/m0/s1. The number of carbonyl (C=O) groups is 1. The fourth-order valence-electron chi connectivity index (χ4n) is 4.32. The number of nitrogens with one attached hydrogen (secondary N) is 3. The SMILES string of the molecule is CCNC1N=C(N)C(C(=O)N2CC(C)(C)N(C)C[C@@H]2C)=CN1c1n[nH]c2c1CNC2. The summed E-state index contributed by atoms with van der Waals surface area (Å²) in [7, 11) is 2.10. The number of nitrogens with two attached hydrogens (primary N) is 1. The lowest BCUT2D eigenvalue weighted by molar-refractivity contribution is -0.134. The molecule has 0 bridgehead atoms. The van der Waals surface area contributed by atoms with Crippen LogP contribution in [-0.4, -0.2) is 76.3 Å². The van der Waals surface area contributed by atoms with E-state index in [1.807, 2.05) is 22.9 Å². The van der Waals surface area contributed by atoms with Crippen molar-refractivity contribution in [2.75, 3.05) is 31.6 Å². The molecular weight excluding hydrogens is 382 g/mol. The fraction of sp³-hybridized carbons (Fsp3) is 0.650. The molecule has 1 unspecified atom stereocenters. The summed E-state index contributed by atoms with van der Waals surface area (Å²) in [6, 6.07) is 0.0861. The van der Waals surface area contributed by atoms with E-state index >= 15 is 0 Å². The monoisotopic (exact) mass is 415 g/mol. The van der Waals surface area contributed by atoms with Gasteiger partial charge in [0, 0.05) is 49.5 Å². The van der Waals surface area contributed by atoms with Crippen molar-refractivity contribution < 1.29 is 4.79 Å². The molecule has 1 aromatic rings. The topological polar surface area (TPSA) is 118 Å². The van der Waals surface area contributed by atoms with Crippen molar-refractivity contribution in [1.29, 1.82) is 0 Å². The molecule has 1 aromatic heterocycles. The molecule has 2 atom stereocenters. The van der Waals surface area contributed by atoms with Gasteiger partial charge in [-0.1, -0.05) is 6.92 Å². The lowest BCUT2D eigenvalue weighted by Crippen LogP contribution is -2.63. The van der Waals surface area contributed by atoms with Crippen LogP contribution in [0.2, 0.25) is 0 Å². The minimum absolute atomic E-state index is 0.0861. The quantitative estimate of drug-likeness (QED) is 0.543. The molecule has 0 saturated carbocycles. The summed E-state index contributed by atoms with van der Waals surface area (Å²) in [5.74, 6) is 0.945. The third kappa shape index (κ3) is 3.48. The van der Waals surface area contributed by atoms with Crippen LogP contribution in [0, 0.1) is 0 Å². The van der Waals surface area contributed by atoms with Gasteiger partial charge in [0.05, 0.1) is 11.3 Å². The van der Waals surface area contributed by atoms with E-state index in [0.29, 0.717) is 18.7 Å². The summed E-state index contributed by atoms with van der Waals surface area (Å²) in [4.78, 5) is 24.3. The average molecular weight is 416 g/mol. The minimum atomic E-state index is -0.402. The summed E-state index contributed by atoms with van der Waals surface area (Å²) in [6.45, 7) is 12.0. The Labute approximate surface area is 177 Å². The number of carbonyl (C=O) groups excluding carboxylic acids is 1. The van der Waals surface area contributed by atoms with E-state index < -0.39 is 6.29 Å². The summed E-state index contributed by atoms with van der Waals surface area (Å²) in [5.41, 5.74) is 8.77. The summed E-state index contributed by atoms with van der Waals surface area (Å²) in [5, 5.41) is 14.3. The van der Waals surface area contributed by atoms with Crippen LogP contribution in [0.1, 0.15) is 39.0 Å². The molecule has 5 N–H and O–H groups in total. The van der Waals surface area contributed by atoms with Gasteiger partial charge >= 0.3 is 0 Å². The Hall–Kier alpha value is -2.43. The number of aromatic nitrogens is 2. The number of anilines is 1. The van der Waals surface area contributed by atoms with Crippen molar-refractivity contribution in [1.82, 2.24) is 30.6 Å². The largest absolute Gasteiger partial charge is 0.383 e. The number of aliphatic imine (C=N–C) groups is 1. The molecule has 0 aromatic carbocycles. The van der Waals surface area contributed by atoms with Gasteiger partial charge in [0.15, 0.2) is 12.1 Å². The maximum Gasteiger partial charge on any atom is 0.259 e. The fourth-order valence-corrected chi connectivity index (χ4v) is 4.32. The molecule has 3 aliphatic rings. The van der Waals surface area contributed by atoms with Crippen LogP contribution in [0.3, 0.4) is 0 Å². The number of aromatic amines is 1. The first-order chi connectivity index (χ1) is 14.2. The number of fused-ring (bicyclic) bond motifs is 1. The van der Waals surface area contributed by atoms with Crippen LogP contribution in [0.25, 0.3) is 0 Å². The molecule has 1 fully saturated rings. The van der Waals surface area contributed by atoms with Gasteiger partial charge in [-0.15, -0.1) is 0 Å². The molecule has 0 radical (unpaired) electrons. The molecule has 1 amide bonds. The smallest absolute Gasteiger partial charge is 0.259 e. The molecule has 10 nitrogen and oxygen atoms in total. The minimum Gasteiger partial charge on any atom is -0.383 e. The van der Waals surface area contributed by atoms with E-state index in [9.17, 15) is 4.79 Å². The van der Waals surface area contributed by atoms with Crippen LogP contribution in [-0.2, 0) is 17.9 Å². The number of rotatable bonds is 4. The van der Waals surface area contributed by atoms with Crippen molar-refractivity contribution in [3.8, 4) is 0 Å². The lowest BCUT2D eigenvalue weighted by atomic mass is 9.96. The maximum absolute atomic E-state index is 13.6. The second kappa shape index (κ2) is 7.68. The van der Waals surface area contributed by atoms with Gasteiger partial charge in [-0.3, -0.25) is 25.0 Å². The molecule has 1 saturated heterocycles. The highest BCUT2D eigenvalue weighted by Crippen LogP contribution is 2.30. The average Bonchev–Trinajstić information content (AvgIpc) is 3.29. The molecule has 0 aliphatic carbocycles. The highest BCUT2D eigenvalue weighted by atomic mass is 16.2. The van der Waals surface area contributed by atoms with Crippen molar-refractivity contribution in [2.45, 2.75) is 58.7 Å². The van der Waals surface area contributed by atoms with Crippen molar-refractivity contribution in [3.05, 3.63) is 23.0 Å². The van der Waals surface area contributed by atoms with E-state index in [0.717, 1.165) is 36.7 Å². The van der Waals surface area contributed by atoms with Gasteiger partial charge in [-0.2, -0.15) is 5.10 Å². The maximum atomic E-state index is 13.6. The van der Waals surface area contributed by atoms with Crippen molar-refractivity contribution >= 4 is 17.6 Å². The van der Waals surface area contributed by atoms with Crippen LogP contribution in [0.15, 0.2) is 16.8 Å². The number of H-pyrrole nitrogens is 1.